The summed E-state index contributed by atoms with van der Waals surface area (Å²) in [5.41, 5.74) is 7.00. The van der Waals surface area contributed by atoms with E-state index in [1.807, 2.05) is 17.8 Å². The van der Waals surface area contributed by atoms with Gasteiger partial charge in [0.1, 0.15) is 11.5 Å². The van der Waals surface area contributed by atoms with Gasteiger partial charge in [0.2, 0.25) is 0 Å². The van der Waals surface area contributed by atoms with Crippen LogP contribution in [-0.4, -0.2) is 35.4 Å². The Morgan fingerprint density at radius 1 is 1.62 bits per heavy atom. The molecule has 0 radical (unpaired) electrons. The van der Waals surface area contributed by atoms with E-state index in [0.717, 1.165) is 5.69 Å². The fraction of sp³-hybridized carbons (Fsp3) is 0.455. The summed E-state index contributed by atoms with van der Waals surface area (Å²) < 4.78 is 0. The zero-order valence-electron chi connectivity index (χ0n) is 9.31. The van der Waals surface area contributed by atoms with Gasteiger partial charge in [0, 0.05) is 18.8 Å². The van der Waals surface area contributed by atoms with Gasteiger partial charge in [-0.05, 0) is 24.3 Å². The first kappa shape index (κ1) is 11.3. The number of rotatable bonds is 3. The minimum atomic E-state index is 0.0191. The Hall–Kier alpha value is -1.23. The molecule has 0 aliphatic carbocycles. The van der Waals surface area contributed by atoms with E-state index < -0.39 is 0 Å². The van der Waals surface area contributed by atoms with Gasteiger partial charge >= 0.3 is 0 Å². The van der Waals surface area contributed by atoms with Crippen LogP contribution in [0.4, 0.5) is 5.69 Å². The molecule has 5 heteroatoms. The Morgan fingerprint density at radius 3 is 2.94 bits per heavy atom. The molecule has 1 unspecified atom stereocenters. The van der Waals surface area contributed by atoms with Crippen LogP contribution < -0.4 is 10.6 Å². The van der Waals surface area contributed by atoms with Crippen LogP contribution in [0.3, 0.4) is 0 Å². The molecule has 0 amide bonds. The Labute approximate surface area is 99.7 Å². The van der Waals surface area contributed by atoms with E-state index in [-0.39, 0.29) is 5.84 Å². The molecule has 1 atom stereocenters. The molecule has 0 saturated carbocycles. The van der Waals surface area contributed by atoms with Crippen LogP contribution in [0.5, 0.6) is 0 Å². The summed E-state index contributed by atoms with van der Waals surface area (Å²) in [6.07, 6.45) is 3.02. The average molecular weight is 236 g/mol. The molecular formula is C11H16N4S. The molecule has 3 N–H and O–H groups in total. The number of hydrogen-bond donors (Lipinski definition) is 2. The van der Waals surface area contributed by atoms with E-state index in [1.54, 1.807) is 12.3 Å². The van der Waals surface area contributed by atoms with Crippen molar-refractivity contribution in [2.24, 2.45) is 5.73 Å². The first-order valence-corrected chi connectivity index (χ1v) is 6.45. The molecule has 1 fully saturated rings. The first-order valence-electron chi connectivity index (χ1n) is 5.29. The van der Waals surface area contributed by atoms with Gasteiger partial charge in [0.15, 0.2) is 0 Å². The summed E-state index contributed by atoms with van der Waals surface area (Å²) in [6, 6.07) is 4.39. The van der Waals surface area contributed by atoms with Gasteiger partial charge in [0.25, 0.3) is 0 Å². The summed E-state index contributed by atoms with van der Waals surface area (Å²) in [5.74, 6) is 2.45. The zero-order chi connectivity index (χ0) is 11.5. The van der Waals surface area contributed by atoms with E-state index in [0.29, 0.717) is 11.7 Å². The highest BCUT2D eigenvalue weighted by molar-refractivity contribution is 7.99. The Balaban J connectivity index is 2.11. The average Bonchev–Trinajstić information content (AvgIpc) is 2.81. The predicted molar refractivity (Wildman–Crippen MR) is 69.4 cm³/mol. The van der Waals surface area contributed by atoms with Crippen molar-refractivity contribution >= 4 is 23.3 Å². The Kier molecular flexibility index (Phi) is 3.33. The topological polar surface area (TPSA) is 66.0 Å². The van der Waals surface area contributed by atoms with E-state index in [1.165, 1.54) is 17.9 Å². The van der Waals surface area contributed by atoms with Crippen LogP contribution in [-0.2, 0) is 0 Å². The number of nitrogens with one attached hydrogen (secondary N) is 1. The van der Waals surface area contributed by atoms with Crippen molar-refractivity contribution in [2.45, 2.75) is 12.5 Å². The second-order valence-corrected chi connectivity index (χ2v) is 5.09. The number of hydrogen-bond acceptors (Lipinski definition) is 4. The third-order valence-electron chi connectivity index (χ3n) is 2.88. The van der Waals surface area contributed by atoms with Crippen molar-refractivity contribution in [2.75, 3.05) is 23.5 Å². The number of nitrogen functional groups attached to an aromatic ring is 1. The minimum Gasteiger partial charge on any atom is -0.382 e. The fourth-order valence-electron chi connectivity index (χ4n) is 1.79. The standard InChI is InChI=1S/C11H16N4S/c1-15(9-4-5-16-7-9)8-2-3-10(11(12)13)14-6-8/h2-3,6,9H,4-5,7H2,1H3,(H3,12,13). The highest BCUT2D eigenvalue weighted by Gasteiger charge is 2.20. The molecule has 1 aromatic heterocycles. The Morgan fingerprint density at radius 2 is 2.44 bits per heavy atom. The highest BCUT2D eigenvalue weighted by Crippen LogP contribution is 2.25. The fourth-order valence-corrected chi connectivity index (χ4v) is 3.06. The highest BCUT2D eigenvalue weighted by atomic mass is 32.2. The number of nitrogens with two attached hydrogens (primary N) is 1. The molecule has 2 rings (SSSR count). The number of anilines is 1. The van der Waals surface area contributed by atoms with Crippen LogP contribution in [0.1, 0.15) is 12.1 Å². The summed E-state index contributed by atoms with van der Waals surface area (Å²) in [5, 5.41) is 7.28. The summed E-state index contributed by atoms with van der Waals surface area (Å²) in [7, 11) is 2.10. The van der Waals surface area contributed by atoms with E-state index in [9.17, 15) is 0 Å². The number of amidine groups is 1. The smallest absolute Gasteiger partial charge is 0.141 e. The molecule has 0 aromatic carbocycles. The first-order chi connectivity index (χ1) is 7.68. The number of thioether (sulfide) groups is 1. The molecule has 1 saturated heterocycles. The molecule has 1 aromatic rings. The van der Waals surface area contributed by atoms with Gasteiger partial charge in [-0.15, -0.1) is 0 Å². The third-order valence-corrected chi connectivity index (χ3v) is 4.03. The summed E-state index contributed by atoms with van der Waals surface area (Å²) in [4.78, 5) is 6.43. The maximum absolute atomic E-state index is 7.28. The normalized spacial score (nSPS) is 19.7. The molecule has 16 heavy (non-hydrogen) atoms. The molecule has 4 nitrogen and oxygen atoms in total. The molecule has 86 valence electrons. The van der Waals surface area contributed by atoms with Gasteiger partial charge in [-0.1, -0.05) is 0 Å². The largest absolute Gasteiger partial charge is 0.382 e. The van der Waals surface area contributed by atoms with Crippen molar-refractivity contribution in [1.82, 2.24) is 4.98 Å². The lowest BCUT2D eigenvalue weighted by atomic mass is 10.2. The summed E-state index contributed by atoms with van der Waals surface area (Å²) in [6.45, 7) is 0. The zero-order valence-corrected chi connectivity index (χ0v) is 10.1. The van der Waals surface area contributed by atoms with Crippen LogP contribution in [0.2, 0.25) is 0 Å². The molecule has 1 aliphatic heterocycles. The monoisotopic (exact) mass is 236 g/mol. The van der Waals surface area contributed by atoms with Crippen LogP contribution in [0.15, 0.2) is 18.3 Å². The van der Waals surface area contributed by atoms with Crippen molar-refractivity contribution in [3.63, 3.8) is 0 Å². The second kappa shape index (κ2) is 4.74. The maximum atomic E-state index is 7.28. The van der Waals surface area contributed by atoms with Crippen molar-refractivity contribution in [3.05, 3.63) is 24.0 Å². The molecular weight excluding hydrogens is 220 g/mol. The number of aromatic nitrogens is 1. The predicted octanol–water partition coefficient (Wildman–Crippen LogP) is 1.31. The van der Waals surface area contributed by atoms with E-state index in [2.05, 4.69) is 16.9 Å². The lowest BCUT2D eigenvalue weighted by molar-refractivity contribution is 0.699. The van der Waals surface area contributed by atoms with Gasteiger partial charge in [-0.25, -0.2) is 0 Å². The molecule has 0 bridgehead atoms. The van der Waals surface area contributed by atoms with Crippen LogP contribution in [0.25, 0.3) is 0 Å². The number of nitrogens with zero attached hydrogens (tertiary/aromatic N) is 2. The van der Waals surface area contributed by atoms with Gasteiger partial charge in [-0.3, -0.25) is 10.4 Å². The van der Waals surface area contributed by atoms with Crippen molar-refractivity contribution in [3.8, 4) is 0 Å². The Bertz CT molecular complexity index is 370. The SMILES string of the molecule is CN(c1ccc(C(=N)N)nc1)C1CCSC1. The summed E-state index contributed by atoms with van der Waals surface area (Å²) >= 11 is 2.00. The van der Waals surface area contributed by atoms with Crippen LogP contribution in [0, 0.1) is 5.41 Å². The van der Waals surface area contributed by atoms with Gasteiger partial charge < -0.3 is 10.6 Å². The van der Waals surface area contributed by atoms with Crippen LogP contribution >= 0.6 is 11.8 Å². The molecule has 2 heterocycles. The quantitative estimate of drug-likeness (QED) is 0.613. The van der Waals surface area contributed by atoms with Crippen molar-refractivity contribution in [1.29, 1.82) is 5.41 Å². The maximum Gasteiger partial charge on any atom is 0.141 e. The lowest BCUT2D eigenvalue weighted by Gasteiger charge is -2.25. The molecule has 1 aliphatic rings. The van der Waals surface area contributed by atoms with Crippen molar-refractivity contribution < 1.29 is 0 Å². The second-order valence-electron chi connectivity index (χ2n) is 3.94. The number of pyridine rings is 1. The van der Waals surface area contributed by atoms with E-state index in [4.69, 9.17) is 11.1 Å². The lowest BCUT2D eigenvalue weighted by Crippen LogP contribution is -2.31. The van der Waals surface area contributed by atoms with Gasteiger partial charge in [-0.2, -0.15) is 11.8 Å². The van der Waals surface area contributed by atoms with Gasteiger partial charge in [0.05, 0.1) is 11.9 Å². The molecule has 0 spiro atoms. The minimum absolute atomic E-state index is 0.0191. The third kappa shape index (κ3) is 2.29. The van der Waals surface area contributed by atoms with E-state index >= 15 is 0 Å².